The van der Waals surface area contributed by atoms with E-state index in [1.165, 1.54) is 0 Å². The first-order chi connectivity index (χ1) is 8.11. The number of halogens is 2. The molecule has 1 fully saturated rings. The molecule has 1 atom stereocenters. The van der Waals surface area contributed by atoms with E-state index in [9.17, 15) is 4.79 Å². The third kappa shape index (κ3) is 2.63. The van der Waals surface area contributed by atoms with Crippen LogP contribution in [0.15, 0.2) is 18.2 Å². The van der Waals surface area contributed by atoms with E-state index in [1.54, 1.807) is 25.1 Å². The average molecular weight is 277 g/mol. The number of nitrogens with zero attached hydrogens (tertiary/aromatic N) is 1. The summed E-state index contributed by atoms with van der Waals surface area (Å²) in [5, 5.41) is 2.02. The second kappa shape index (κ2) is 5.10. The Hall–Kier alpha value is -1.01. The highest BCUT2D eigenvalue weighted by atomic mass is 35.5. The van der Waals surface area contributed by atoms with Gasteiger partial charge in [0.2, 0.25) is 0 Å². The van der Waals surface area contributed by atoms with E-state index >= 15 is 0 Å². The van der Waals surface area contributed by atoms with Gasteiger partial charge in [-0.3, -0.25) is 0 Å². The van der Waals surface area contributed by atoms with Crippen molar-refractivity contribution >= 4 is 35.0 Å². The first kappa shape index (κ1) is 12.4. The molecule has 92 valence electrons. The van der Waals surface area contributed by atoms with Crippen molar-refractivity contribution in [2.24, 2.45) is 0 Å². The minimum absolute atomic E-state index is 0.385. The topological polar surface area (TPSA) is 50.8 Å². The summed E-state index contributed by atoms with van der Waals surface area (Å²) in [6.45, 7) is 2.21. The number of ether oxygens (including phenoxy) is 2. The quantitative estimate of drug-likeness (QED) is 0.923. The van der Waals surface area contributed by atoms with Gasteiger partial charge in [0.05, 0.1) is 10.7 Å². The van der Waals surface area contributed by atoms with E-state index < -0.39 is 12.5 Å². The Bertz CT molecular complexity index is 442. The lowest BCUT2D eigenvalue weighted by Gasteiger charge is -2.15. The molecular weight excluding hydrogens is 267 g/mol. The third-order valence-electron chi connectivity index (χ3n) is 2.09. The summed E-state index contributed by atoms with van der Waals surface area (Å²) in [6, 6.07) is 4.80. The summed E-state index contributed by atoms with van der Waals surface area (Å²) in [4.78, 5) is 11.6. The van der Waals surface area contributed by atoms with Crippen LogP contribution in [0.25, 0.3) is 0 Å². The summed E-state index contributed by atoms with van der Waals surface area (Å²) in [5.41, 5.74) is 3.14. The number of benzene rings is 1. The number of carbonyl (C=O) groups is 1. The van der Waals surface area contributed by atoms with Gasteiger partial charge < -0.3 is 9.47 Å². The van der Waals surface area contributed by atoms with E-state index in [2.05, 4.69) is 5.43 Å². The molecule has 0 spiro atoms. The normalized spacial score (nSPS) is 19.6. The van der Waals surface area contributed by atoms with Gasteiger partial charge in [-0.2, -0.15) is 5.43 Å². The Morgan fingerprint density at radius 3 is 3.00 bits per heavy atom. The maximum Gasteiger partial charge on any atom is 0.432 e. The van der Waals surface area contributed by atoms with Crippen LogP contribution in [-0.4, -0.2) is 19.1 Å². The first-order valence-electron chi connectivity index (χ1n) is 4.95. The zero-order chi connectivity index (χ0) is 12.4. The lowest BCUT2D eigenvalue weighted by Crippen LogP contribution is -2.38. The number of hydrogen-bond acceptors (Lipinski definition) is 4. The van der Waals surface area contributed by atoms with Crippen LogP contribution in [0.1, 0.15) is 6.92 Å². The third-order valence-corrected chi connectivity index (χ3v) is 2.65. The van der Waals surface area contributed by atoms with Crippen molar-refractivity contribution < 1.29 is 14.3 Å². The van der Waals surface area contributed by atoms with Crippen molar-refractivity contribution in [2.45, 2.75) is 13.3 Å². The summed E-state index contributed by atoms with van der Waals surface area (Å²) >= 11 is 11.8. The highest BCUT2D eigenvalue weighted by Crippen LogP contribution is 2.30. The first-order valence-corrected chi connectivity index (χ1v) is 5.71. The predicted molar refractivity (Wildman–Crippen MR) is 64.0 cm³/mol. The van der Waals surface area contributed by atoms with Gasteiger partial charge in [0.1, 0.15) is 0 Å². The van der Waals surface area contributed by atoms with Gasteiger partial charge in [0, 0.05) is 11.6 Å². The van der Waals surface area contributed by atoms with Gasteiger partial charge in [0.25, 0.3) is 6.41 Å². The van der Waals surface area contributed by atoms with E-state index in [0.717, 1.165) is 5.01 Å². The molecular formula is C10H10Cl2N2O3. The standard InChI is InChI=1S/C10H10Cl2N2O3/c1-2-16-9-13-14(10(15)17-9)8-5-6(11)3-4-7(8)12/h3-5,9,13H,2H2,1H3. The molecule has 1 aromatic rings. The smallest absolute Gasteiger partial charge is 0.402 e. The van der Waals surface area contributed by atoms with E-state index in [1.807, 2.05) is 0 Å². The molecule has 0 aliphatic carbocycles. The molecule has 1 aliphatic rings. The Labute approximate surface area is 108 Å². The minimum atomic E-state index is -0.803. The number of carbonyl (C=O) groups excluding carboxylic acids is 1. The van der Waals surface area contributed by atoms with Crippen molar-refractivity contribution in [1.29, 1.82) is 0 Å². The molecule has 1 N–H and O–H groups in total. The Morgan fingerprint density at radius 2 is 2.29 bits per heavy atom. The molecule has 1 unspecified atom stereocenters. The average Bonchev–Trinajstić information content (AvgIpc) is 2.64. The number of cyclic esters (lactones) is 1. The van der Waals surface area contributed by atoms with Crippen LogP contribution >= 0.6 is 23.2 Å². The summed E-state index contributed by atoms with van der Waals surface area (Å²) in [6.07, 6.45) is -1.39. The molecule has 1 heterocycles. The number of hydrogen-bond donors (Lipinski definition) is 1. The van der Waals surface area contributed by atoms with E-state index in [0.29, 0.717) is 22.3 Å². The van der Waals surface area contributed by atoms with Crippen molar-refractivity contribution in [1.82, 2.24) is 5.43 Å². The monoisotopic (exact) mass is 276 g/mol. The molecule has 0 bridgehead atoms. The van der Waals surface area contributed by atoms with Gasteiger partial charge in [-0.05, 0) is 25.1 Å². The molecule has 7 heteroatoms. The molecule has 1 aliphatic heterocycles. The van der Waals surface area contributed by atoms with Crippen LogP contribution in [0.2, 0.25) is 10.0 Å². The molecule has 2 rings (SSSR count). The highest BCUT2D eigenvalue weighted by Gasteiger charge is 2.33. The second-order valence-electron chi connectivity index (χ2n) is 3.23. The SMILES string of the molecule is CCOC1NN(c2cc(Cl)ccc2Cl)C(=O)O1. The summed E-state index contributed by atoms with van der Waals surface area (Å²) in [5.74, 6) is 0. The maximum absolute atomic E-state index is 11.6. The van der Waals surface area contributed by atoms with Crippen LogP contribution in [0.3, 0.4) is 0 Å². The zero-order valence-electron chi connectivity index (χ0n) is 8.94. The highest BCUT2D eigenvalue weighted by molar-refractivity contribution is 6.35. The number of anilines is 1. The molecule has 5 nitrogen and oxygen atoms in total. The van der Waals surface area contributed by atoms with Crippen molar-refractivity contribution in [3.63, 3.8) is 0 Å². The van der Waals surface area contributed by atoms with Crippen LogP contribution in [0.5, 0.6) is 0 Å². The lowest BCUT2D eigenvalue weighted by atomic mass is 10.3. The number of nitrogens with one attached hydrogen (secondary N) is 1. The van der Waals surface area contributed by atoms with Crippen LogP contribution < -0.4 is 10.4 Å². The maximum atomic E-state index is 11.6. The number of amides is 1. The van der Waals surface area contributed by atoms with Crippen molar-refractivity contribution in [2.75, 3.05) is 11.6 Å². The Balaban J connectivity index is 2.22. The molecule has 17 heavy (non-hydrogen) atoms. The molecule has 1 aromatic carbocycles. The molecule has 0 aromatic heterocycles. The molecule has 0 saturated carbocycles. The predicted octanol–water partition coefficient (Wildman–Crippen LogP) is 2.77. The van der Waals surface area contributed by atoms with Gasteiger partial charge in [-0.15, -0.1) is 0 Å². The molecule has 1 saturated heterocycles. The summed E-state index contributed by atoms with van der Waals surface area (Å²) in [7, 11) is 0. The van der Waals surface area contributed by atoms with Crippen LogP contribution in [0.4, 0.5) is 10.5 Å². The fourth-order valence-corrected chi connectivity index (χ4v) is 1.74. The largest absolute Gasteiger partial charge is 0.432 e. The fraction of sp³-hybridized carbons (Fsp3) is 0.300. The molecule has 1 amide bonds. The van der Waals surface area contributed by atoms with Gasteiger partial charge in [0.15, 0.2) is 0 Å². The zero-order valence-corrected chi connectivity index (χ0v) is 10.5. The molecule has 0 radical (unpaired) electrons. The number of rotatable bonds is 3. The number of hydrazine groups is 1. The van der Waals surface area contributed by atoms with E-state index in [-0.39, 0.29) is 0 Å². The van der Waals surface area contributed by atoms with Gasteiger partial charge in [-0.25, -0.2) is 9.80 Å². The van der Waals surface area contributed by atoms with Crippen LogP contribution in [-0.2, 0) is 9.47 Å². The van der Waals surface area contributed by atoms with E-state index in [4.69, 9.17) is 32.7 Å². The summed E-state index contributed by atoms with van der Waals surface area (Å²) < 4.78 is 10.0. The second-order valence-corrected chi connectivity index (χ2v) is 4.07. The minimum Gasteiger partial charge on any atom is -0.402 e. The van der Waals surface area contributed by atoms with Gasteiger partial charge >= 0.3 is 6.09 Å². The van der Waals surface area contributed by atoms with Crippen LogP contribution in [0, 0.1) is 0 Å². The van der Waals surface area contributed by atoms with Crippen molar-refractivity contribution in [3.05, 3.63) is 28.2 Å². The van der Waals surface area contributed by atoms with Crippen molar-refractivity contribution in [3.8, 4) is 0 Å². The Morgan fingerprint density at radius 1 is 1.53 bits per heavy atom. The fourth-order valence-electron chi connectivity index (χ4n) is 1.38. The Kier molecular flexibility index (Phi) is 3.73. The van der Waals surface area contributed by atoms with Gasteiger partial charge in [-0.1, -0.05) is 23.2 Å². The lowest BCUT2D eigenvalue weighted by molar-refractivity contribution is -0.0924.